The fraction of sp³-hybridized carbons (Fsp3) is 0.933. The smallest absolute Gasteiger partial charge is 0.193 e. The maximum atomic E-state index is 5.58. The molecular weight excluding hydrogens is 365 g/mol. The monoisotopic (exact) mass is 397 g/mol. The molecule has 0 atom stereocenters. The first-order valence-corrected chi connectivity index (χ1v) is 7.66. The van der Waals surface area contributed by atoms with Crippen LogP contribution in [0, 0.1) is 11.8 Å². The third kappa shape index (κ3) is 8.29. The van der Waals surface area contributed by atoms with E-state index >= 15 is 0 Å². The summed E-state index contributed by atoms with van der Waals surface area (Å²) in [5.41, 5.74) is 0. The van der Waals surface area contributed by atoms with Gasteiger partial charge in [-0.05, 0) is 31.1 Å². The first-order chi connectivity index (χ1) is 9.13. The Balaban J connectivity index is 0.00000361. The zero-order chi connectivity index (χ0) is 14.1. The van der Waals surface area contributed by atoms with Gasteiger partial charge in [-0.2, -0.15) is 0 Å². The molecule has 0 bridgehead atoms. The Labute approximate surface area is 141 Å². The predicted octanol–water partition coefficient (Wildman–Crippen LogP) is 2.97. The number of guanidine groups is 1. The lowest BCUT2D eigenvalue weighted by Gasteiger charge is -2.32. The van der Waals surface area contributed by atoms with Crippen molar-refractivity contribution in [1.82, 2.24) is 10.2 Å². The second-order valence-corrected chi connectivity index (χ2v) is 5.97. The van der Waals surface area contributed by atoms with Crippen molar-refractivity contribution < 1.29 is 4.74 Å². The van der Waals surface area contributed by atoms with Crippen molar-refractivity contribution >= 4 is 29.9 Å². The molecule has 0 aromatic heterocycles. The Hall–Kier alpha value is -0.0400. The average Bonchev–Trinajstić information content (AvgIpc) is 2.39. The summed E-state index contributed by atoms with van der Waals surface area (Å²) in [5, 5.41) is 3.44. The minimum absolute atomic E-state index is 0. The van der Waals surface area contributed by atoms with Crippen molar-refractivity contribution in [1.29, 1.82) is 0 Å². The first kappa shape index (κ1) is 20.0. The number of nitrogens with one attached hydrogen (secondary N) is 1. The molecule has 0 aliphatic carbocycles. The van der Waals surface area contributed by atoms with Crippen molar-refractivity contribution in [3.8, 4) is 0 Å². The molecule has 1 N–H and O–H groups in total. The van der Waals surface area contributed by atoms with E-state index in [2.05, 4.69) is 36.0 Å². The molecule has 1 heterocycles. The van der Waals surface area contributed by atoms with Crippen LogP contribution in [0.1, 0.15) is 40.0 Å². The van der Waals surface area contributed by atoms with E-state index in [1.54, 1.807) is 0 Å². The standard InChI is InChI=1S/C15H31N3O.HI/c1-13(2)12-19-11-5-8-17-15(16-4)18-9-6-14(3)7-10-18;/h13-14H,5-12H2,1-4H3,(H,16,17);1H. The molecule has 120 valence electrons. The van der Waals surface area contributed by atoms with Gasteiger partial charge < -0.3 is 15.0 Å². The van der Waals surface area contributed by atoms with Gasteiger partial charge in [0.1, 0.15) is 0 Å². The lowest BCUT2D eigenvalue weighted by atomic mass is 10.00. The van der Waals surface area contributed by atoms with Gasteiger partial charge in [-0.25, -0.2) is 0 Å². The van der Waals surface area contributed by atoms with E-state index in [1.807, 2.05) is 7.05 Å². The molecule has 0 saturated carbocycles. The third-order valence-corrected chi connectivity index (χ3v) is 3.49. The van der Waals surface area contributed by atoms with E-state index in [1.165, 1.54) is 12.8 Å². The number of aliphatic imine (C=N–C) groups is 1. The summed E-state index contributed by atoms with van der Waals surface area (Å²) in [6.45, 7) is 11.6. The van der Waals surface area contributed by atoms with Crippen molar-refractivity contribution in [2.24, 2.45) is 16.8 Å². The molecule has 0 spiro atoms. The maximum absolute atomic E-state index is 5.58. The topological polar surface area (TPSA) is 36.9 Å². The van der Waals surface area contributed by atoms with E-state index in [0.29, 0.717) is 5.92 Å². The van der Waals surface area contributed by atoms with E-state index < -0.39 is 0 Å². The van der Waals surface area contributed by atoms with Crippen LogP contribution in [0.2, 0.25) is 0 Å². The normalized spacial score (nSPS) is 17.2. The second-order valence-electron chi connectivity index (χ2n) is 5.97. The number of hydrogen-bond acceptors (Lipinski definition) is 2. The fourth-order valence-electron chi connectivity index (χ4n) is 2.25. The molecule has 0 aromatic carbocycles. The van der Waals surface area contributed by atoms with Crippen LogP contribution in [-0.2, 0) is 4.74 Å². The zero-order valence-electron chi connectivity index (χ0n) is 13.5. The van der Waals surface area contributed by atoms with E-state index in [9.17, 15) is 0 Å². The highest BCUT2D eigenvalue weighted by Gasteiger charge is 2.17. The number of ether oxygens (including phenoxy) is 1. The van der Waals surface area contributed by atoms with Crippen molar-refractivity contribution in [3.05, 3.63) is 0 Å². The number of rotatable bonds is 6. The molecule has 20 heavy (non-hydrogen) atoms. The number of halogens is 1. The van der Waals surface area contributed by atoms with Gasteiger partial charge >= 0.3 is 0 Å². The zero-order valence-corrected chi connectivity index (χ0v) is 15.9. The molecule has 0 unspecified atom stereocenters. The highest BCUT2D eigenvalue weighted by molar-refractivity contribution is 14.0. The van der Waals surface area contributed by atoms with Crippen LogP contribution >= 0.6 is 24.0 Å². The molecule has 1 fully saturated rings. The summed E-state index contributed by atoms with van der Waals surface area (Å²) in [7, 11) is 1.87. The van der Waals surface area contributed by atoms with Gasteiger partial charge in [-0.15, -0.1) is 24.0 Å². The fourth-order valence-corrected chi connectivity index (χ4v) is 2.25. The SMILES string of the molecule is CN=C(NCCCOCC(C)C)N1CCC(C)CC1.I. The van der Waals surface area contributed by atoms with Crippen LogP contribution in [0.5, 0.6) is 0 Å². The van der Waals surface area contributed by atoms with Crippen LogP contribution < -0.4 is 5.32 Å². The molecule has 5 heteroatoms. The first-order valence-electron chi connectivity index (χ1n) is 7.66. The molecular formula is C15H32IN3O. The molecule has 1 saturated heterocycles. The quantitative estimate of drug-likeness (QED) is 0.324. The van der Waals surface area contributed by atoms with Crippen molar-refractivity contribution in [2.75, 3.05) is 39.9 Å². The average molecular weight is 397 g/mol. The van der Waals surface area contributed by atoms with Gasteiger partial charge in [0.05, 0.1) is 0 Å². The Morgan fingerprint density at radius 3 is 2.55 bits per heavy atom. The van der Waals surface area contributed by atoms with Gasteiger partial charge in [0.25, 0.3) is 0 Å². The lowest BCUT2D eigenvalue weighted by molar-refractivity contribution is 0.108. The molecule has 0 aromatic rings. The molecule has 1 aliphatic rings. The number of hydrogen-bond donors (Lipinski definition) is 1. The van der Waals surface area contributed by atoms with Crippen LogP contribution in [0.15, 0.2) is 4.99 Å². The Bertz CT molecular complexity index is 264. The van der Waals surface area contributed by atoms with E-state index in [0.717, 1.165) is 51.1 Å². The summed E-state index contributed by atoms with van der Waals surface area (Å²) >= 11 is 0. The summed E-state index contributed by atoms with van der Waals surface area (Å²) in [5.74, 6) is 2.53. The minimum Gasteiger partial charge on any atom is -0.381 e. The van der Waals surface area contributed by atoms with Crippen LogP contribution in [0.25, 0.3) is 0 Å². The van der Waals surface area contributed by atoms with Gasteiger partial charge in [0, 0.05) is 39.9 Å². The Kier molecular flexibility index (Phi) is 11.6. The Morgan fingerprint density at radius 2 is 2.00 bits per heavy atom. The second kappa shape index (κ2) is 11.6. The third-order valence-electron chi connectivity index (χ3n) is 3.49. The van der Waals surface area contributed by atoms with Crippen molar-refractivity contribution in [3.63, 3.8) is 0 Å². The maximum Gasteiger partial charge on any atom is 0.193 e. The Morgan fingerprint density at radius 1 is 1.35 bits per heavy atom. The summed E-state index contributed by atoms with van der Waals surface area (Å²) in [6.07, 6.45) is 3.59. The summed E-state index contributed by atoms with van der Waals surface area (Å²) in [6, 6.07) is 0. The highest BCUT2D eigenvalue weighted by Crippen LogP contribution is 2.15. The predicted molar refractivity (Wildman–Crippen MR) is 97.0 cm³/mol. The summed E-state index contributed by atoms with van der Waals surface area (Å²) < 4.78 is 5.58. The number of nitrogens with zero attached hydrogens (tertiary/aromatic N) is 2. The molecule has 0 amide bonds. The molecule has 1 rings (SSSR count). The van der Waals surface area contributed by atoms with E-state index in [4.69, 9.17) is 4.74 Å². The highest BCUT2D eigenvalue weighted by atomic mass is 127. The molecule has 0 radical (unpaired) electrons. The molecule has 4 nitrogen and oxygen atoms in total. The summed E-state index contributed by atoms with van der Waals surface area (Å²) in [4.78, 5) is 6.74. The largest absolute Gasteiger partial charge is 0.381 e. The van der Waals surface area contributed by atoms with E-state index in [-0.39, 0.29) is 24.0 Å². The van der Waals surface area contributed by atoms with Gasteiger partial charge in [0.2, 0.25) is 0 Å². The van der Waals surface area contributed by atoms with Crippen LogP contribution in [0.3, 0.4) is 0 Å². The number of piperidine rings is 1. The van der Waals surface area contributed by atoms with Gasteiger partial charge in [-0.1, -0.05) is 20.8 Å². The molecule has 1 aliphatic heterocycles. The number of likely N-dealkylation sites (tertiary alicyclic amines) is 1. The van der Waals surface area contributed by atoms with Gasteiger partial charge in [0.15, 0.2) is 5.96 Å². The van der Waals surface area contributed by atoms with Gasteiger partial charge in [-0.3, -0.25) is 4.99 Å². The minimum atomic E-state index is 0. The lowest BCUT2D eigenvalue weighted by Crippen LogP contribution is -2.45. The van der Waals surface area contributed by atoms with Crippen LogP contribution in [-0.4, -0.2) is 50.8 Å². The van der Waals surface area contributed by atoms with Crippen LogP contribution in [0.4, 0.5) is 0 Å². The van der Waals surface area contributed by atoms with Crippen molar-refractivity contribution in [2.45, 2.75) is 40.0 Å².